The molecule has 8 heteroatoms. The van der Waals surface area contributed by atoms with Crippen molar-refractivity contribution in [1.29, 1.82) is 0 Å². The van der Waals surface area contributed by atoms with Crippen molar-refractivity contribution in [3.05, 3.63) is 60.4 Å². The molecule has 7 nitrogen and oxygen atoms in total. The van der Waals surface area contributed by atoms with E-state index < -0.39 is 5.82 Å². The number of anilines is 2. The quantitative estimate of drug-likeness (QED) is 0.714. The van der Waals surface area contributed by atoms with Gasteiger partial charge >= 0.3 is 0 Å². The lowest BCUT2D eigenvalue weighted by atomic mass is 10.1. The first-order valence-electron chi connectivity index (χ1n) is 9.97. The summed E-state index contributed by atoms with van der Waals surface area (Å²) < 4.78 is 13.2. The molecule has 1 saturated carbocycles. The van der Waals surface area contributed by atoms with Crippen molar-refractivity contribution < 1.29 is 10.6 Å². The Morgan fingerprint density at radius 2 is 1.93 bits per heavy atom. The summed E-state index contributed by atoms with van der Waals surface area (Å²) in [5.41, 5.74) is 2.34. The first-order chi connectivity index (χ1) is 14.5. The second-order valence-electron chi connectivity index (χ2n) is 7.96. The van der Waals surface area contributed by atoms with E-state index in [2.05, 4.69) is 37.1 Å². The predicted octanol–water partition coefficient (Wildman–Crippen LogP) is 3.48. The minimum absolute atomic E-state index is 0. The minimum Gasteiger partial charge on any atom is -0.325 e. The van der Waals surface area contributed by atoms with Crippen LogP contribution in [0.1, 0.15) is 20.3 Å². The average molecular weight is 406 g/mol. The first kappa shape index (κ1) is 18.6. The molecule has 2 fully saturated rings. The monoisotopic (exact) mass is 406 g/mol. The van der Waals surface area contributed by atoms with Crippen molar-refractivity contribution in [3.8, 4) is 11.4 Å². The molecule has 1 amide bonds. The molecule has 1 saturated heterocycles. The SMILES string of the molecule is Cc1ccc(NC(=O)[C@H]2CC3C(C)C3N2c2ncccn2)cc1-c1ncc(F)cn1.[HH]. The summed E-state index contributed by atoms with van der Waals surface area (Å²) in [6, 6.07) is 7.33. The van der Waals surface area contributed by atoms with E-state index in [1.807, 2.05) is 25.1 Å². The number of fused-ring (bicyclic) bond motifs is 1. The maximum Gasteiger partial charge on any atom is 0.247 e. The number of piperidine rings is 1. The number of nitrogens with zero attached hydrogens (tertiary/aromatic N) is 5. The molecule has 4 atom stereocenters. The molecule has 1 aliphatic heterocycles. The molecule has 0 radical (unpaired) electrons. The van der Waals surface area contributed by atoms with Crippen LogP contribution in [0.25, 0.3) is 11.4 Å². The van der Waals surface area contributed by atoms with Crippen molar-refractivity contribution in [3.63, 3.8) is 0 Å². The highest BCUT2D eigenvalue weighted by Crippen LogP contribution is 2.54. The van der Waals surface area contributed by atoms with E-state index in [0.717, 1.165) is 29.9 Å². The molecule has 0 bridgehead atoms. The number of aromatic nitrogens is 4. The van der Waals surface area contributed by atoms with Gasteiger partial charge in [0.25, 0.3) is 0 Å². The van der Waals surface area contributed by atoms with Crippen LogP contribution in [0.3, 0.4) is 0 Å². The zero-order chi connectivity index (χ0) is 20.8. The van der Waals surface area contributed by atoms with Gasteiger partial charge in [-0.15, -0.1) is 0 Å². The topological polar surface area (TPSA) is 83.9 Å². The van der Waals surface area contributed by atoms with Gasteiger partial charge in [0.05, 0.1) is 12.4 Å². The van der Waals surface area contributed by atoms with E-state index in [1.54, 1.807) is 18.5 Å². The summed E-state index contributed by atoms with van der Waals surface area (Å²) in [4.78, 5) is 32.1. The maximum absolute atomic E-state index is 13.2. The van der Waals surface area contributed by atoms with Gasteiger partial charge in [-0.1, -0.05) is 13.0 Å². The van der Waals surface area contributed by atoms with Crippen LogP contribution in [0.4, 0.5) is 16.0 Å². The second-order valence-corrected chi connectivity index (χ2v) is 7.96. The van der Waals surface area contributed by atoms with E-state index >= 15 is 0 Å². The zero-order valence-corrected chi connectivity index (χ0v) is 16.7. The Balaban J connectivity index is 0.00000231. The van der Waals surface area contributed by atoms with Crippen LogP contribution in [0, 0.1) is 24.6 Å². The number of hydrogen-bond acceptors (Lipinski definition) is 6. The average Bonchev–Trinajstić information content (AvgIpc) is 3.20. The van der Waals surface area contributed by atoms with Crippen molar-refractivity contribution in [2.24, 2.45) is 11.8 Å². The third kappa shape index (κ3) is 3.18. The Morgan fingerprint density at radius 1 is 1.20 bits per heavy atom. The molecule has 30 heavy (non-hydrogen) atoms. The molecule has 1 aromatic carbocycles. The first-order valence-corrected chi connectivity index (χ1v) is 9.97. The lowest BCUT2D eigenvalue weighted by Crippen LogP contribution is -2.44. The van der Waals surface area contributed by atoms with Crippen LogP contribution in [0.5, 0.6) is 0 Å². The number of halogens is 1. The molecular weight excluding hydrogens is 383 g/mol. The van der Waals surface area contributed by atoms with Crippen LogP contribution in [-0.2, 0) is 4.79 Å². The van der Waals surface area contributed by atoms with Crippen molar-refractivity contribution >= 4 is 17.5 Å². The normalized spacial score (nSPS) is 24.4. The van der Waals surface area contributed by atoms with Crippen LogP contribution in [0.2, 0.25) is 0 Å². The smallest absolute Gasteiger partial charge is 0.247 e. The van der Waals surface area contributed by atoms with Gasteiger partial charge in [-0.05, 0) is 48.9 Å². The molecule has 2 aliphatic rings. The van der Waals surface area contributed by atoms with Gasteiger partial charge in [-0.3, -0.25) is 4.79 Å². The molecule has 3 aromatic rings. The van der Waals surface area contributed by atoms with Crippen LogP contribution < -0.4 is 10.2 Å². The number of benzene rings is 1. The highest BCUT2D eigenvalue weighted by molar-refractivity contribution is 5.98. The minimum atomic E-state index is -0.488. The fraction of sp³-hybridized carbons (Fsp3) is 0.318. The highest BCUT2D eigenvalue weighted by atomic mass is 19.1. The number of hydrogen-bond donors (Lipinski definition) is 1. The summed E-state index contributed by atoms with van der Waals surface area (Å²) in [5.74, 6) is 1.47. The molecule has 5 rings (SSSR count). The Morgan fingerprint density at radius 3 is 2.67 bits per heavy atom. The summed E-state index contributed by atoms with van der Waals surface area (Å²) >= 11 is 0. The number of rotatable bonds is 4. The van der Waals surface area contributed by atoms with E-state index in [-0.39, 0.29) is 13.4 Å². The third-order valence-corrected chi connectivity index (χ3v) is 6.12. The van der Waals surface area contributed by atoms with Gasteiger partial charge in [0.1, 0.15) is 6.04 Å². The standard InChI is InChI=1S/C22H21FN6O.H2/c1-12-4-5-15(8-16(12)20-26-10-14(23)11-27-20)28-21(30)18-9-17-13(2)19(17)29(18)22-24-6-3-7-25-22;/h3-8,10-11,13,17-19H,9H2,1-2H3,(H,28,30);1H/t13?,17?,18-,19?;/m1./s1. The van der Waals surface area contributed by atoms with Gasteiger partial charge in [0, 0.05) is 31.1 Å². The number of carbonyl (C=O) groups excluding carboxylic acids is 1. The summed E-state index contributed by atoms with van der Waals surface area (Å²) in [6.07, 6.45) is 6.46. The number of amides is 1. The molecule has 0 spiro atoms. The van der Waals surface area contributed by atoms with E-state index in [4.69, 9.17) is 0 Å². The fourth-order valence-electron chi connectivity index (χ4n) is 4.46. The largest absolute Gasteiger partial charge is 0.325 e. The Bertz CT molecular complexity index is 1100. The van der Waals surface area contributed by atoms with Gasteiger partial charge in [0.15, 0.2) is 11.6 Å². The molecule has 3 heterocycles. The summed E-state index contributed by atoms with van der Waals surface area (Å²) in [5, 5.41) is 3.02. The highest BCUT2D eigenvalue weighted by Gasteiger charge is 2.60. The summed E-state index contributed by atoms with van der Waals surface area (Å²) in [6.45, 7) is 4.13. The molecule has 154 valence electrons. The Hall–Kier alpha value is -3.42. The maximum atomic E-state index is 13.2. The molecule has 2 aromatic heterocycles. The van der Waals surface area contributed by atoms with Gasteiger partial charge in [-0.25, -0.2) is 24.3 Å². The molecule has 1 aliphatic carbocycles. The van der Waals surface area contributed by atoms with Crippen LogP contribution in [-0.4, -0.2) is 37.9 Å². The number of nitrogens with one attached hydrogen (secondary N) is 1. The summed E-state index contributed by atoms with van der Waals surface area (Å²) in [7, 11) is 0. The van der Waals surface area contributed by atoms with Crippen LogP contribution >= 0.6 is 0 Å². The van der Waals surface area contributed by atoms with E-state index in [9.17, 15) is 9.18 Å². The third-order valence-electron chi connectivity index (χ3n) is 6.12. The van der Waals surface area contributed by atoms with Gasteiger partial charge in [-0.2, -0.15) is 0 Å². The number of carbonyl (C=O) groups is 1. The van der Waals surface area contributed by atoms with E-state index in [0.29, 0.717) is 35.3 Å². The van der Waals surface area contributed by atoms with Crippen molar-refractivity contribution in [1.82, 2.24) is 19.9 Å². The molecule has 1 N–H and O–H groups in total. The fourth-order valence-corrected chi connectivity index (χ4v) is 4.46. The van der Waals surface area contributed by atoms with Crippen molar-refractivity contribution in [2.75, 3.05) is 10.2 Å². The predicted molar refractivity (Wildman–Crippen MR) is 112 cm³/mol. The van der Waals surface area contributed by atoms with Gasteiger partial charge in [0.2, 0.25) is 11.9 Å². The van der Waals surface area contributed by atoms with Crippen molar-refractivity contribution in [2.45, 2.75) is 32.4 Å². The lowest BCUT2D eigenvalue weighted by molar-refractivity contribution is -0.117. The van der Waals surface area contributed by atoms with Crippen LogP contribution in [0.15, 0.2) is 49.1 Å². The molecular formula is C22H23FN6O. The number of aryl methyl sites for hydroxylation is 1. The second kappa shape index (κ2) is 7.12. The zero-order valence-electron chi connectivity index (χ0n) is 16.7. The Labute approximate surface area is 174 Å². The molecule has 3 unspecified atom stereocenters. The Kier molecular flexibility index (Phi) is 4.42. The lowest BCUT2D eigenvalue weighted by Gasteiger charge is -2.27. The van der Waals surface area contributed by atoms with E-state index in [1.165, 1.54) is 0 Å². The van der Waals surface area contributed by atoms with Gasteiger partial charge < -0.3 is 10.2 Å².